The number of rotatable bonds is 7. The van der Waals surface area contributed by atoms with E-state index in [1.54, 1.807) is 0 Å². The Morgan fingerprint density at radius 3 is 2.39 bits per heavy atom. The summed E-state index contributed by atoms with van der Waals surface area (Å²) in [6.45, 7) is 10.5. The first-order chi connectivity index (χ1) is 8.43. The zero-order valence-electron chi connectivity index (χ0n) is 12.0. The van der Waals surface area contributed by atoms with Crippen LogP contribution in [-0.2, 0) is 6.54 Å². The van der Waals surface area contributed by atoms with Crippen molar-refractivity contribution in [1.29, 1.82) is 0 Å². The molecule has 0 unspecified atom stereocenters. The minimum Gasteiger partial charge on any atom is -0.316 e. The van der Waals surface area contributed by atoms with Crippen molar-refractivity contribution in [3.05, 3.63) is 35.6 Å². The van der Waals surface area contributed by atoms with E-state index in [-0.39, 0.29) is 11.2 Å². The fraction of sp³-hybridized carbons (Fsp3) is 0.600. The van der Waals surface area contributed by atoms with Crippen molar-refractivity contribution in [2.45, 2.75) is 27.3 Å². The number of nitrogens with one attached hydrogen (secondary N) is 1. The monoisotopic (exact) mass is 252 g/mol. The second-order valence-corrected chi connectivity index (χ2v) is 5.74. The average molecular weight is 252 g/mol. The van der Waals surface area contributed by atoms with Gasteiger partial charge in [-0.05, 0) is 36.7 Å². The Kier molecular flexibility index (Phi) is 5.76. The van der Waals surface area contributed by atoms with Gasteiger partial charge in [0.1, 0.15) is 5.82 Å². The molecule has 0 spiro atoms. The highest BCUT2D eigenvalue weighted by molar-refractivity contribution is 5.15. The van der Waals surface area contributed by atoms with Gasteiger partial charge in [-0.3, -0.25) is 0 Å². The lowest BCUT2D eigenvalue weighted by Gasteiger charge is -2.30. The van der Waals surface area contributed by atoms with Crippen LogP contribution in [0.25, 0.3) is 0 Å². The van der Waals surface area contributed by atoms with Crippen molar-refractivity contribution < 1.29 is 4.39 Å². The molecule has 0 amide bonds. The second-order valence-electron chi connectivity index (χ2n) is 5.74. The highest BCUT2D eigenvalue weighted by Gasteiger charge is 2.19. The van der Waals surface area contributed by atoms with E-state index in [9.17, 15) is 4.39 Å². The van der Waals surface area contributed by atoms with Crippen LogP contribution in [0.15, 0.2) is 24.3 Å². The summed E-state index contributed by atoms with van der Waals surface area (Å²) in [6.07, 6.45) is 0. The number of hydrogen-bond donors (Lipinski definition) is 1. The van der Waals surface area contributed by atoms with Crippen molar-refractivity contribution in [2.75, 3.05) is 26.7 Å². The minimum atomic E-state index is -0.172. The molecule has 0 bridgehead atoms. The first kappa shape index (κ1) is 15.1. The van der Waals surface area contributed by atoms with Crippen LogP contribution in [-0.4, -0.2) is 31.6 Å². The third kappa shape index (κ3) is 5.61. The molecule has 18 heavy (non-hydrogen) atoms. The number of halogens is 1. The normalized spacial score (nSPS) is 12.1. The van der Waals surface area contributed by atoms with Gasteiger partial charge >= 0.3 is 0 Å². The van der Waals surface area contributed by atoms with E-state index in [1.165, 1.54) is 12.1 Å². The Bertz CT molecular complexity index is 346. The molecule has 0 heterocycles. The van der Waals surface area contributed by atoms with Gasteiger partial charge in [0.05, 0.1) is 0 Å². The van der Waals surface area contributed by atoms with E-state index in [1.807, 2.05) is 12.1 Å². The molecule has 0 aliphatic carbocycles. The number of nitrogens with zero attached hydrogens (tertiary/aromatic N) is 1. The van der Waals surface area contributed by atoms with E-state index in [0.717, 1.165) is 31.7 Å². The van der Waals surface area contributed by atoms with Crippen LogP contribution >= 0.6 is 0 Å². The van der Waals surface area contributed by atoms with Crippen LogP contribution in [0.5, 0.6) is 0 Å². The highest BCUT2D eigenvalue weighted by atomic mass is 19.1. The predicted molar refractivity (Wildman–Crippen MR) is 75.1 cm³/mol. The van der Waals surface area contributed by atoms with E-state index in [2.05, 4.69) is 38.0 Å². The summed E-state index contributed by atoms with van der Waals surface area (Å²) < 4.78 is 12.8. The Morgan fingerprint density at radius 2 is 1.83 bits per heavy atom. The Balaban J connectivity index is 2.45. The van der Waals surface area contributed by atoms with E-state index < -0.39 is 0 Å². The molecular weight excluding hydrogens is 227 g/mol. The Morgan fingerprint density at radius 1 is 1.22 bits per heavy atom. The molecule has 1 aromatic carbocycles. The lowest BCUT2D eigenvalue weighted by atomic mass is 9.92. The van der Waals surface area contributed by atoms with Crippen molar-refractivity contribution in [3.8, 4) is 0 Å². The topological polar surface area (TPSA) is 15.3 Å². The number of benzene rings is 1. The van der Waals surface area contributed by atoms with Crippen LogP contribution in [0.3, 0.4) is 0 Å². The zero-order chi connectivity index (χ0) is 13.6. The smallest absolute Gasteiger partial charge is 0.123 e. The molecule has 0 saturated heterocycles. The minimum absolute atomic E-state index is 0.172. The molecular formula is C15H25FN2. The maximum atomic E-state index is 12.8. The van der Waals surface area contributed by atoms with Crippen LogP contribution in [0.1, 0.15) is 26.3 Å². The van der Waals surface area contributed by atoms with Crippen molar-refractivity contribution in [2.24, 2.45) is 5.41 Å². The second kappa shape index (κ2) is 6.86. The van der Waals surface area contributed by atoms with Gasteiger partial charge in [-0.2, -0.15) is 0 Å². The molecule has 1 rings (SSSR count). The lowest BCUT2D eigenvalue weighted by molar-refractivity contribution is 0.199. The summed E-state index contributed by atoms with van der Waals surface area (Å²) in [4.78, 5) is 2.28. The van der Waals surface area contributed by atoms with Crippen molar-refractivity contribution in [3.63, 3.8) is 0 Å². The Labute approximate surface area is 110 Å². The molecule has 1 aromatic rings. The molecule has 0 fully saturated rings. The fourth-order valence-corrected chi connectivity index (χ4v) is 2.21. The molecule has 0 atom stereocenters. The average Bonchev–Trinajstić information content (AvgIpc) is 2.29. The fourth-order valence-electron chi connectivity index (χ4n) is 2.21. The summed E-state index contributed by atoms with van der Waals surface area (Å²) in [7, 11) is 2.11. The summed E-state index contributed by atoms with van der Waals surface area (Å²) in [5.74, 6) is -0.172. The molecule has 3 heteroatoms. The molecule has 2 nitrogen and oxygen atoms in total. The molecule has 0 aliphatic rings. The summed E-state index contributed by atoms with van der Waals surface area (Å²) >= 11 is 0. The van der Waals surface area contributed by atoms with E-state index in [4.69, 9.17) is 0 Å². The number of hydrogen-bond acceptors (Lipinski definition) is 2. The summed E-state index contributed by atoms with van der Waals surface area (Å²) in [6, 6.07) is 6.74. The largest absolute Gasteiger partial charge is 0.316 e. The third-order valence-electron chi connectivity index (χ3n) is 2.92. The first-order valence-corrected chi connectivity index (χ1v) is 6.56. The molecule has 0 saturated carbocycles. The predicted octanol–water partition coefficient (Wildman–Crippen LogP) is 2.89. The zero-order valence-corrected chi connectivity index (χ0v) is 12.0. The van der Waals surface area contributed by atoms with Crippen LogP contribution in [0.2, 0.25) is 0 Å². The van der Waals surface area contributed by atoms with Gasteiger partial charge in [0.25, 0.3) is 0 Å². The van der Waals surface area contributed by atoms with Gasteiger partial charge in [0, 0.05) is 19.6 Å². The maximum Gasteiger partial charge on any atom is 0.123 e. The maximum absolute atomic E-state index is 12.8. The van der Waals surface area contributed by atoms with Crippen LogP contribution in [0.4, 0.5) is 4.39 Å². The highest BCUT2D eigenvalue weighted by Crippen LogP contribution is 2.16. The van der Waals surface area contributed by atoms with Crippen LogP contribution in [0, 0.1) is 11.2 Å². The molecule has 102 valence electrons. The van der Waals surface area contributed by atoms with Gasteiger partial charge in [0.15, 0.2) is 0 Å². The summed E-state index contributed by atoms with van der Waals surface area (Å²) in [5, 5.41) is 3.39. The van der Waals surface area contributed by atoms with Gasteiger partial charge in [-0.25, -0.2) is 4.39 Å². The van der Waals surface area contributed by atoms with Gasteiger partial charge in [0.2, 0.25) is 0 Å². The summed E-state index contributed by atoms with van der Waals surface area (Å²) in [5.41, 5.74) is 1.39. The first-order valence-electron chi connectivity index (χ1n) is 6.56. The van der Waals surface area contributed by atoms with Crippen LogP contribution < -0.4 is 5.32 Å². The molecule has 0 radical (unpaired) electrons. The van der Waals surface area contributed by atoms with E-state index in [0.29, 0.717) is 0 Å². The van der Waals surface area contributed by atoms with Crippen molar-refractivity contribution in [1.82, 2.24) is 10.2 Å². The Hall–Kier alpha value is -0.930. The molecule has 1 N–H and O–H groups in total. The van der Waals surface area contributed by atoms with Gasteiger partial charge in [-0.15, -0.1) is 0 Å². The van der Waals surface area contributed by atoms with E-state index >= 15 is 0 Å². The standard InChI is InChI=1S/C15H25FN2/c1-5-17-11-15(2,3)12-18(4)10-13-6-8-14(16)9-7-13/h6-9,17H,5,10-12H2,1-4H3. The SMILES string of the molecule is CCNCC(C)(C)CN(C)Cc1ccc(F)cc1. The van der Waals surface area contributed by atoms with Crippen molar-refractivity contribution >= 4 is 0 Å². The third-order valence-corrected chi connectivity index (χ3v) is 2.92. The molecule has 0 aliphatic heterocycles. The molecule has 0 aromatic heterocycles. The quantitative estimate of drug-likeness (QED) is 0.802. The van der Waals surface area contributed by atoms with Gasteiger partial charge in [-0.1, -0.05) is 32.9 Å². The lowest BCUT2D eigenvalue weighted by Crippen LogP contribution is -2.38. The van der Waals surface area contributed by atoms with Gasteiger partial charge < -0.3 is 10.2 Å².